The average molecular weight is 155 g/mol. The first-order valence-electron chi connectivity index (χ1n) is 2.66. The molecular formula is C6H7N2OS. The molecule has 0 aliphatic carbocycles. The number of aromatic nitrogens is 1. The normalized spacial score (nSPS) is 16.1. The van der Waals surface area contributed by atoms with Gasteiger partial charge in [-0.15, -0.1) is 0 Å². The highest BCUT2D eigenvalue weighted by molar-refractivity contribution is 7.91. The van der Waals surface area contributed by atoms with Gasteiger partial charge in [-0.3, -0.25) is 4.98 Å². The zero-order valence-electron chi connectivity index (χ0n) is 5.50. The monoisotopic (exact) mass is 155 g/mol. The van der Waals surface area contributed by atoms with Gasteiger partial charge in [0, 0.05) is 12.5 Å². The van der Waals surface area contributed by atoms with Gasteiger partial charge >= 0.3 is 0 Å². The van der Waals surface area contributed by atoms with Crippen LogP contribution >= 0.6 is 0 Å². The summed E-state index contributed by atoms with van der Waals surface area (Å²) < 4.78 is 18.1. The van der Waals surface area contributed by atoms with Crippen LogP contribution in [0.25, 0.3) is 0 Å². The van der Waals surface area contributed by atoms with E-state index in [0.29, 0.717) is 4.90 Å². The summed E-state index contributed by atoms with van der Waals surface area (Å²) in [6.45, 7) is 0. The summed E-state index contributed by atoms with van der Waals surface area (Å²) in [7, 11) is -2.59. The molecule has 0 fully saturated rings. The SMILES string of the molecule is CS(=N)(=O)c1cc[c]nc1. The maximum absolute atomic E-state index is 11.0. The van der Waals surface area contributed by atoms with Gasteiger partial charge in [0.1, 0.15) is 0 Å². The molecule has 0 amide bonds. The Hall–Kier alpha value is -0.900. The fourth-order valence-corrected chi connectivity index (χ4v) is 1.12. The van der Waals surface area contributed by atoms with Crippen LogP contribution in [0.5, 0.6) is 0 Å². The van der Waals surface area contributed by atoms with E-state index < -0.39 is 9.73 Å². The second-order valence-electron chi connectivity index (χ2n) is 1.97. The molecule has 53 valence electrons. The molecule has 1 N–H and O–H groups in total. The van der Waals surface area contributed by atoms with Crippen molar-refractivity contribution in [2.75, 3.05) is 6.26 Å². The maximum atomic E-state index is 11.0. The third kappa shape index (κ3) is 1.54. The molecule has 1 rings (SSSR count). The molecule has 1 aromatic heterocycles. The summed E-state index contributed by atoms with van der Waals surface area (Å²) in [6.07, 6.45) is 5.31. The minimum Gasteiger partial charge on any atom is -0.253 e. The summed E-state index contributed by atoms with van der Waals surface area (Å²) in [5.74, 6) is 0. The molecule has 3 nitrogen and oxygen atoms in total. The number of hydrogen-bond acceptors (Lipinski definition) is 3. The highest BCUT2D eigenvalue weighted by Crippen LogP contribution is 2.04. The van der Waals surface area contributed by atoms with Crippen molar-refractivity contribution in [2.45, 2.75) is 4.90 Å². The van der Waals surface area contributed by atoms with E-state index in [-0.39, 0.29) is 0 Å². The number of hydrogen-bond donors (Lipinski definition) is 1. The quantitative estimate of drug-likeness (QED) is 0.655. The molecule has 0 spiro atoms. The fourth-order valence-electron chi connectivity index (χ4n) is 0.537. The lowest BCUT2D eigenvalue weighted by atomic mass is 10.5. The third-order valence-corrected chi connectivity index (χ3v) is 2.18. The van der Waals surface area contributed by atoms with Gasteiger partial charge < -0.3 is 0 Å². The summed E-state index contributed by atoms with van der Waals surface area (Å²) >= 11 is 0. The van der Waals surface area contributed by atoms with Crippen molar-refractivity contribution in [1.82, 2.24) is 4.98 Å². The maximum Gasteiger partial charge on any atom is 0.0887 e. The lowest BCUT2D eigenvalue weighted by Crippen LogP contribution is -1.94. The predicted molar refractivity (Wildman–Crippen MR) is 38.1 cm³/mol. The van der Waals surface area contributed by atoms with Crippen molar-refractivity contribution >= 4 is 9.73 Å². The molecule has 1 heterocycles. The molecule has 0 aromatic carbocycles. The standard InChI is InChI=1S/C6H7N2OS/c1-10(7,9)6-3-2-4-8-5-6/h2-3,5,7H,1H3. The first kappa shape index (κ1) is 7.21. The van der Waals surface area contributed by atoms with Gasteiger partial charge in [-0.05, 0) is 12.1 Å². The Labute approximate surface area is 60.1 Å². The summed E-state index contributed by atoms with van der Waals surface area (Å²) in [4.78, 5) is 4.08. The van der Waals surface area contributed by atoms with E-state index in [0.717, 1.165) is 0 Å². The smallest absolute Gasteiger partial charge is 0.0887 e. The van der Waals surface area contributed by atoms with E-state index in [1.165, 1.54) is 12.5 Å². The first-order valence-corrected chi connectivity index (χ1v) is 4.63. The van der Waals surface area contributed by atoms with Crippen LogP contribution in [0.15, 0.2) is 23.2 Å². The van der Waals surface area contributed by atoms with Crippen molar-refractivity contribution < 1.29 is 4.21 Å². The van der Waals surface area contributed by atoms with Crippen LogP contribution in [0.1, 0.15) is 0 Å². The van der Waals surface area contributed by atoms with E-state index >= 15 is 0 Å². The van der Waals surface area contributed by atoms with Crippen molar-refractivity contribution in [3.8, 4) is 0 Å². The Balaban J connectivity index is 3.22. The van der Waals surface area contributed by atoms with Crippen molar-refractivity contribution in [2.24, 2.45) is 0 Å². The van der Waals surface area contributed by atoms with E-state index in [1.54, 1.807) is 12.1 Å². The molecule has 0 bridgehead atoms. The van der Waals surface area contributed by atoms with Gasteiger partial charge in [-0.25, -0.2) is 8.99 Å². The van der Waals surface area contributed by atoms with Crippen LogP contribution < -0.4 is 0 Å². The number of nitrogens with zero attached hydrogens (tertiary/aromatic N) is 1. The lowest BCUT2D eigenvalue weighted by Gasteiger charge is -1.96. The summed E-state index contributed by atoms with van der Waals surface area (Å²) in [5, 5.41) is 0. The van der Waals surface area contributed by atoms with Crippen LogP contribution in [-0.4, -0.2) is 15.4 Å². The van der Waals surface area contributed by atoms with Crippen LogP contribution in [0, 0.1) is 11.0 Å². The van der Waals surface area contributed by atoms with Gasteiger partial charge in [0.2, 0.25) is 0 Å². The number of rotatable bonds is 1. The lowest BCUT2D eigenvalue weighted by molar-refractivity contribution is 0.678. The summed E-state index contributed by atoms with van der Waals surface area (Å²) in [6, 6.07) is 3.13. The predicted octanol–water partition coefficient (Wildman–Crippen LogP) is 0.917. The first-order chi connectivity index (χ1) is 4.61. The molecule has 1 aromatic rings. The van der Waals surface area contributed by atoms with Crippen LogP contribution in [0.3, 0.4) is 0 Å². The zero-order valence-corrected chi connectivity index (χ0v) is 6.31. The van der Waals surface area contributed by atoms with Crippen molar-refractivity contribution in [3.63, 3.8) is 0 Å². The third-order valence-electron chi connectivity index (χ3n) is 1.04. The van der Waals surface area contributed by atoms with Crippen LogP contribution in [-0.2, 0) is 9.73 Å². The molecule has 0 aliphatic rings. The summed E-state index contributed by atoms with van der Waals surface area (Å²) in [5.41, 5.74) is 0. The van der Waals surface area contributed by atoms with E-state index in [4.69, 9.17) is 4.78 Å². The number of nitrogens with one attached hydrogen (secondary N) is 1. The van der Waals surface area contributed by atoms with Gasteiger partial charge in [-0.2, -0.15) is 0 Å². The number of pyridine rings is 1. The molecule has 1 unspecified atom stereocenters. The molecule has 1 atom stereocenters. The van der Waals surface area contributed by atoms with Gasteiger partial charge in [-0.1, -0.05) is 0 Å². The highest BCUT2D eigenvalue weighted by Gasteiger charge is 1.99. The van der Waals surface area contributed by atoms with Crippen LogP contribution in [0.2, 0.25) is 0 Å². The largest absolute Gasteiger partial charge is 0.253 e. The minimum atomic E-state index is -2.59. The molecule has 0 saturated carbocycles. The minimum absolute atomic E-state index is 0.450. The van der Waals surface area contributed by atoms with Crippen LogP contribution in [0.4, 0.5) is 0 Å². The molecule has 1 radical (unpaired) electrons. The Bertz CT molecular complexity index is 304. The second-order valence-corrected chi connectivity index (χ2v) is 4.13. The van der Waals surface area contributed by atoms with Gasteiger partial charge in [0.25, 0.3) is 0 Å². The second kappa shape index (κ2) is 2.38. The van der Waals surface area contributed by atoms with E-state index in [9.17, 15) is 4.21 Å². The highest BCUT2D eigenvalue weighted by atomic mass is 32.2. The van der Waals surface area contributed by atoms with Gasteiger partial charge in [0.15, 0.2) is 0 Å². The Kier molecular flexibility index (Phi) is 1.72. The average Bonchev–Trinajstić information content (AvgIpc) is 1.88. The molecule has 10 heavy (non-hydrogen) atoms. The fraction of sp³-hybridized carbons (Fsp3) is 0.167. The van der Waals surface area contributed by atoms with Crippen molar-refractivity contribution in [3.05, 3.63) is 24.5 Å². The zero-order chi connectivity index (χ0) is 7.61. The Morgan fingerprint density at radius 2 is 2.50 bits per heavy atom. The van der Waals surface area contributed by atoms with Gasteiger partial charge in [0.05, 0.1) is 20.8 Å². The Morgan fingerprint density at radius 1 is 1.80 bits per heavy atom. The topological polar surface area (TPSA) is 53.8 Å². The molecule has 4 heteroatoms. The van der Waals surface area contributed by atoms with E-state index in [2.05, 4.69) is 11.2 Å². The van der Waals surface area contributed by atoms with Crippen molar-refractivity contribution in [1.29, 1.82) is 4.78 Å². The Morgan fingerprint density at radius 3 is 2.80 bits per heavy atom. The molecule has 0 saturated heterocycles. The molecule has 0 aliphatic heterocycles. The van der Waals surface area contributed by atoms with E-state index in [1.807, 2.05) is 0 Å². The molecular weight excluding hydrogens is 148 g/mol.